The van der Waals surface area contributed by atoms with Crippen LogP contribution in [-0.4, -0.2) is 79.5 Å². The highest BCUT2D eigenvalue weighted by Gasteiger charge is 2.23. The van der Waals surface area contributed by atoms with Crippen molar-refractivity contribution in [1.82, 2.24) is 24.8 Å². The van der Waals surface area contributed by atoms with Gasteiger partial charge in [-0.2, -0.15) is 0 Å². The molecule has 14 nitrogen and oxygen atoms in total. The Bertz CT molecular complexity index is 1680. The molecule has 1 aliphatic heterocycles. The predicted octanol–water partition coefficient (Wildman–Crippen LogP) is 4.16. The van der Waals surface area contributed by atoms with Gasteiger partial charge in [0.1, 0.15) is 0 Å². The fourth-order valence-electron chi connectivity index (χ4n) is 4.60. The van der Waals surface area contributed by atoms with Crippen LogP contribution in [0.5, 0.6) is 0 Å². The van der Waals surface area contributed by atoms with Gasteiger partial charge in [0, 0.05) is 73.8 Å². The highest BCUT2D eigenvalue weighted by atomic mass is 31.2. The third-order valence-electron chi connectivity index (χ3n) is 7.01. The molecule has 3 heterocycles. The Morgan fingerprint density at radius 1 is 1.00 bits per heavy atom. The van der Waals surface area contributed by atoms with Gasteiger partial charge in [0.05, 0.1) is 5.69 Å². The topological polar surface area (TPSA) is 179 Å². The summed E-state index contributed by atoms with van der Waals surface area (Å²) < 4.78 is 19.6. The summed E-state index contributed by atoms with van der Waals surface area (Å²) >= 11 is 0. The van der Waals surface area contributed by atoms with Gasteiger partial charge in [0.2, 0.25) is 12.7 Å². The molecule has 0 saturated carbocycles. The van der Waals surface area contributed by atoms with Crippen molar-refractivity contribution in [2.45, 2.75) is 13.5 Å². The number of phosphoric ester groups is 1. The molecule has 2 aromatic heterocycles. The highest BCUT2D eigenvalue weighted by Crippen LogP contribution is 2.35. The van der Waals surface area contributed by atoms with E-state index in [1.807, 2.05) is 55.5 Å². The van der Waals surface area contributed by atoms with Gasteiger partial charge in [0.25, 0.3) is 5.91 Å². The summed E-state index contributed by atoms with van der Waals surface area (Å²) in [5, 5.41) is 6.19. The molecule has 2 amide bonds. The van der Waals surface area contributed by atoms with Crippen molar-refractivity contribution in [3.8, 4) is 11.3 Å². The third-order valence-corrected chi connectivity index (χ3v) is 7.45. The fraction of sp³-hybridized carbons (Fsp3) is 0.233. The maximum atomic E-state index is 13.0. The smallest absolute Gasteiger partial charge is 0.422 e. The molecule has 2 aromatic carbocycles. The van der Waals surface area contributed by atoms with Crippen LogP contribution < -0.4 is 10.6 Å². The average Bonchev–Trinajstić information content (AvgIpc) is 3.03. The number of hydrogen-bond acceptors (Lipinski definition) is 10. The van der Waals surface area contributed by atoms with Gasteiger partial charge in [0.15, 0.2) is 0 Å². The SMILES string of the molecule is Cc1ccc(NC(=O)c2ccc(CN3CCN(C(=O)OCOP(=O)(O)O)CC3)cc2)cc1Nc1nccc(-c2cccnc2)n1. The zero-order valence-corrected chi connectivity index (χ0v) is 25.3. The second-order valence-electron chi connectivity index (χ2n) is 10.2. The van der Waals surface area contributed by atoms with Crippen LogP contribution in [0.2, 0.25) is 0 Å². The zero-order valence-electron chi connectivity index (χ0n) is 24.4. The lowest BCUT2D eigenvalue weighted by Gasteiger charge is -2.34. The van der Waals surface area contributed by atoms with Crippen molar-refractivity contribution in [3.05, 3.63) is 95.9 Å². The van der Waals surface area contributed by atoms with Crippen LogP contribution in [0, 0.1) is 6.92 Å². The first-order valence-corrected chi connectivity index (χ1v) is 15.5. The minimum absolute atomic E-state index is 0.249. The summed E-state index contributed by atoms with van der Waals surface area (Å²) in [4.78, 5) is 59.1. The summed E-state index contributed by atoms with van der Waals surface area (Å²) in [6.45, 7) is 3.72. The summed E-state index contributed by atoms with van der Waals surface area (Å²) in [5.74, 6) is 0.175. The third kappa shape index (κ3) is 9.14. The molecule has 0 spiro atoms. The van der Waals surface area contributed by atoms with E-state index in [9.17, 15) is 14.2 Å². The first-order valence-electron chi connectivity index (χ1n) is 14.0. The Morgan fingerprint density at radius 2 is 1.78 bits per heavy atom. The number of piperazine rings is 1. The molecule has 1 saturated heterocycles. The standard InChI is InChI=1S/C30H32N7O7P/c1-21-4-9-25(17-27(21)35-29-32-12-10-26(34-29)24-3-2-11-31-18-24)33-28(38)23-7-5-22(6-8-23)19-36-13-15-37(16-14-36)30(39)43-20-44-45(40,41)42/h2-12,17-18H,13-16,19-20H2,1H3,(H,33,38)(H,32,34,35)(H2,40,41,42). The van der Waals surface area contributed by atoms with Crippen LogP contribution in [0.15, 0.2) is 79.3 Å². The van der Waals surface area contributed by atoms with Crippen LogP contribution in [-0.2, 0) is 20.4 Å². The Morgan fingerprint density at radius 3 is 2.49 bits per heavy atom. The zero-order chi connectivity index (χ0) is 31.8. The highest BCUT2D eigenvalue weighted by molar-refractivity contribution is 7.46. The fourth-order valence-corrected chi connectivity index (χ4v) is 4.79. The maximum absolute atomic E-state index is 13.0. The van der Waals surface area contributed by atoms with Crippen molar-refractivity contribution in [2.24, 2.45) is 0 Å². The van der Waals surface area contributed by atoms with Gasteiger partial charge in [-0.1, -0.05) is 18.2 Å². The van der Waals surface area contributed by atoms with E-state index >= 15 is 0 Å². The van der Waals surface area contributed by atoms with Gasteiger partial charge in [-0.15, -0.1) is 0 Å². The lowest BCUT2D eigenvalue weighted by molar-refractivity contribution is 0.0119. The van der Waals surface area contributed by atoms with E-state index in [-0.39, 0.29) is 5.91 Å². The predicted molar refractivity (Wildman–Crippen MR) is 165 cm³/mol. The second-order valence-corrected chi connectivity index (χ2v) is 11.5. The van der Waals surface area contributed by atoms with Crippen LogP contribution in [0.4, 0.5) is 22.1 Å². The number of aromatic nitrogens is 3. The molecule has 45 heavy (non-hydrogen) atoms. The van der Waals surface area contributed by atoms with Crippen molar-refractivity contribution >= 4 is 37.1 Å². The number of hydrogen-bond donors (Lipinski definition) is 4. The first kappa shape index (κ1) is 31.7. The molecule has 234 valence electrons. The van der Waals surface area contributed by atoms with E-state index < -0.39 is 20.7 Å². The molecule has 1 fully saturated rings. The number of pyridine rings is 1. The van der Waals surface area contributed by atoms with Gasteiger partial charge in [-0.3, -0.25) is 14.7 Å². The minimum atomic E-state index is -4.70. The number of carbonyl (C=O) groups is 2. The van der Waals surface area contributed by atoms with E-state index in [1.165, 1.54) is 4.90 Å². The molecule has 0 atom stereocenters. The Labute approximate surface area is 259 Å². The first-order chi connectivity index (χ1) is 21.6. The Hall–Kier alpha value is -4.72. The minimum Gasteiger partial charge on any atom is -0.422 e. The van der Waals surface area contributed by atoms with Crippen LogP contribution in [0.3, 0.4) is 0 Å². The Kier molecular flexibility index (Phi) is 10.1. The molecule has 1 aliphatic rings. The van der Waals surface area contributed by atoms with E-state index in [2.05, 4.69) is 35.0 Å². The van der Waals surface area contributed by atoms with Gasteiger partial charge in [-0.05, 0) is 60.5 Å². The molecular weight excluding hydrogens is 601 g/mol. The number of phosphoric acid groups is 1. The molecule has 4 aromatic rings. The van der Waals surface area contributed by atoms with E-state index in [0.29, 0.717) is 49.9 Å². The quantitative estimate of drug-likeness (QED) is 0.145. The molecule has 4 N–H and O–H groups in total. The molecule has 0 bridgehead atoms. The van der Waals surface area contributed by atoms with Crippen LogP contribution >= 0.6 is 7.82 Å². The second kappa shape index (κ2) is 14.4. The number of nitrogens with one attached hydrogen (secondary N) is 2. The number of anilines is 3. The largest absolute Gasteiger partial charge is 0.472 e. The molecule has 0 radical (unpaired) electrons. The summed E-state index contributed by atoms with van der Waals surface area (Å²) in [6, 6.07) is 18.5. The van der Waals surface area contributed by atoms with Crippen LogP contribution in [0.1, 0.15) is 21.5 Å². The number of rotatable bonds is 10. The molecule has 0 aliphatic carbocycles. The Balaban J connectivity index is 1.12. The number of nitrogens with zero attached hydrogens (tertiary/aromatic N) is 5. The van der Waals surface area contributed by atoms with Crippen molar-refractivity contribution in [1.29, 1.82) is 0 Å². The maximum Gasteiger partial charge on any atom is 0.472 e. The monoisotopic (exact) mass is 633 g/mol. The van der Waals surface area contributed by atoms with E-state index in [1.54, 1.807) is 30.7 Å². The number of carbonyl (C=O) groups excluding carboxylic acids is 2. The molecule has 5 rings (SSSR count). The van der Waals surface area contributed by atoms with E-state index in [0.717, 1.165) is 28.1 Å². The van der Waals surface area contributed by atoms with Crippen LogP contribution in [0.25, 0.3) is 11.3 Å². The average molecular weight is 634 g/mol. The number of aryl methyl sites for hydroxylation is 1. The number of benzene rings is 2. The van der Waals surface area contributed by atoms with Crippen molar-refractivity contribution in [3.63, 3.8) is 0 Å². The van der Waals surface area contributed by atoms with Crippen molar-refractivity contribution < 1.29 is 33.2 Å². The molecule has 15 heteroatoms. The van der Waals surface area contributed by atoms with Crippen molar-refractivity contribution in [2.75, 3.05) is 43.6 Å². The van der Waals surface area contributed by atoms with E-state index in [4.69, 9.17) is 14.5 Å². The number of amides is 2. The molecular formula is C30H32N7O7P. The number of ether oxygens (including phenoxy) is 1. The van der Waals surface area contributed by atoms with Gasteiger partial charge < -0.3 is 30.1 Å². The van der Waals surface area contributed by atoms with Gasteiger partial charge in [-0.25, -0.2) is 23.9 Å². The lowest BCUT2D eigenvalue weighted by atomic mass is 10.1. The van der Waals surface area contributed by atoms with Gasteiger partial charge >= 0.3 is 13.9 Å². The summed E-state index contributed by atoms with van der Waals surface area (Å²) in [7, 11) is -4.70. The normalized spacial score (nSPS) is 13.7. The molecule has 0 unspecified atom stereocenters. The summed E-state index contributed by atoms with van der Waals surface area (Å²) in [6.07, 6.45) is 4.42. The lowest BCUT2D eigenvalue weighted by Crippen LogP contribution is -2.48. The summed E-state index contributed by atoms with van der Waals surface area (Å²) in [5.41, 5.74) is 5.46.